The van der Waals surface area contributed by atoms with Gasteiger partial charge in [-0.15, -0.1) is 10.2 Å². The number of carbonyl (C=O) groups is 1. The molecule has 0 atom stereocenters. The van der Waals surface area contributed by atoms with E-state index in [1.54, 1.807) is 10.7 Å². The number of likely N-dealkylation sites (tertiary alicyclic amines) is 2. The highest BCUT2D eigenvalue weighted by Gasteiger charge is 2.33. The minimum absolute atomic E-state index is 0.0418. The number of rotatable bonds is 7. The van der Waals surface area contributed by atoms with Crippen LogP contribution in [0.25, 0.3) is 0 Å². The summed E-state index contributed by atoms with van der Waals surface area (Å²) in [4.78, 5) is 28.5. The molecule has 2 saturated heterocycles. The molecular formula is C25H34N6O4. The molecule has 3 heterocycles. The molecule has 0 amide bonds. The fraction of sp³-hybridized carbons (Fsp3) is 0.600. The van der Waals surface area contributed by atoms with Crippen LogP contribution in [0.4, 0.5) is 11.4 Å². The minimum Gasteiger partial charge on any atom is -0.505 e. The molecule has 3 aliphatic rings. The molecular weight excluding hydrogens is 448 g/mol. The topological polar surface area (TPSA) is 127 Å². The number of benzene rings is 1. The summed E-state index contributed by atoms with van der Waals surface area (Å²) >= 11 is 0. The van der Waals surface area contributed by atoms with Crippen molar-refractivity contribution in [1.82, 2.24) is 19.6 Å². The van der Waals surface area contributed by atoms with Crippen molar-refractivity contribution in [3.05, 3.63) is 39.8 Å². The number of nitrogens with one attached hydrogen (secondary N) is 1. The summed E-state index contributed by atoms with van der Waals surface area (Å²) in [7, 11) is 0. The molecule has 0 spiro atoms. The molecule has 5 rings (SSSR count). The molecule has 188 valence electrons. The van der Waals surface area contributed by atoms with E-state index in [1.165, 1.54) is 12.8 Å². The number of para-hydroxylation sites is 1. The van der Waals surface area contributed by atoms with Crippen LogP contribution in [0, 0.1) is 6.92 Å². The lowest BCUT2D eigenvalue weighted by Gasteiger charge is -2.32. The zero-order valence-corrected chi connectivity index (χ0v) is 20.2. The van der Waals surface area contributed by atoms with Crippen LogP contribution in [0.5, 0.6) is 5.75 Å². The highest BCUT2D eigenvalue weighted by atomic mass is 16.4. The van der Waals surface area contributed by atoms with Crippen molar-refractivity contribution in [1.29, 1.82) is 0 Å². The number of aromatic hydroxyl groups is 1. The Balaban J connectivity index is 1.28. The third-order valence-corrected chi connectivity index (χ3v) is 7.68. The van der Waals surface area contributed by atoms with E-state index in [9.17, 15) is 14.7 Å². The highest BCUT2D eigenvalue weighted by Crippen LogP contribution is 2.39. The summed E-state index contributed by atoms with van der Waals surface area (Å²) in [5.74, 6) is -0.617. The van der Waals surface area contributed by atoms with Crippen molar-refractivity contribution in [3.63, 3.8) is 0 Å². The number of nitrogens with zero attached hydrogens (tertiary/aromatic N) is 5. The normalized spacial score (nSPS) is 21.2. The molecule has 3 N–H and O–H groups in total. The van der Waals surface area contributed by atoms with Gasteiger partial charge in [0, 0.05) is 19.1 Å². The summed E-state index contributed by atoms with van der Waals surface area (Å²) in [6.45, 7) is 5.25. The van der Waals surface area contributed by atoms with Gasteiger partial charge in [-0.3, -0.25) is 19.6 Å². The number of aromatic nitrogens is 2. The number of H-pyrrole nitrogens is 1. The molecule has 10 nitrogen and oxygen atoms in total. The largest absolute Gasteiger partial charge is 0.505 e. The number of phenolic OH excluding ortho intramolecular Hbond substituents is 1. The zero-order chi connectivity index (χ0) is 24.5. The van der Waals surface area contributed by atoms with E-state index in [1.807, 2.05) is 24.0 Å². The van der Waals surface area contributed by atoms with E-state index in [0.717, 1.165) is 50.4 Å². The Morgan fingerprint density at radius 2 is 1.74 bits per heavy atom. The van der Waals surface area contributed by atoms with Crippen LogP contribution < -0.4 is 5.56 Å². The summed E-state index contributed by atoms with van der Waals surface area (Å²) in [5.41, 5.74) is 1.91. The number of azo groups is 1. The van der Waals surface area contributed by atoms with E-state index >= 15 is 0 Å². The Kier molecular flexibility index (Phi) is 6.75. The van der Waals surface area contributed by atoms with Crippen LogP contribution >= 0.6 is 0 Å². The quantitative estimate of drug-likeness (QED) is 0.517. The molecule has 1 aromatic heterocycles. The highest BCUT2D eigenvalue weighted by molar-refractivity contribution is 5.69. The van der Waals surface area contributed by atoms with Crippen molar-refractivity contribution in [2.24, 2.45) is 10.2 Å². The lowest BCUT2D eigenvalue weighted by atomic mass is 9.88. The minimum atomic E-state index is -0.823. The smallest absolute Gasteiger partial charge is 0.317 e. The van der Waals surface area contributed by atoms with Gasteiger partial charge in [0.15, 0.2) is 5.69 Å². The van der Waals surface area contributed by atoms with Crippen molar-refractivity contribution < 1.29 is 15.0 Å². The van der Waals surface area contributed by atoms with Crippen LogP contribution in [0.1, 0.15) is 61.7 Å². The number of piperidine rings is 2. The molecule has 0 radical (unpaired) electrons. The molecule has 1 saturated carbocycles. The van der Waals surface area contributed by atoms with Gasteiger partial charge in [-0.05, 0) is 76.1 Å². The number of hydrogen-bond donors (Lipinski definition) is 3. The molecule has 0 bridgehead atoms. The van der Waals surface area contributed by atoms with Gasteiger partial charge in [0.05, 0.1) is 18.3 Å². The first-order chi connectivity index (χ1) is 16.9. The second-order valence-electron chi connectivity index (χ2n) is 10.1. The fourth-order valence-electron chi connectivity index (χ4n) is 5.54. The van der Waals surface area contributed by atoms with E-state index in [2.05, 4.69) is 20.2 Å². The second kappa shape index (κ2) is 9.94. The first kappa shape index (κ1) is 23.7. The summed E-state index contributed by atoms with van der Waals surface area (Å²) in [6, 6.07) is 6.31. The van der Waals surface area contributed by atoms with Gasteiger partial charge in [-0.25, -0.2) is 4.68 Å². The van der Waals surface area contributed by atoms with Gasteiger partial charge in [0.1, 0.15) is 11.4 Å². The molecule has 2 aromatic rings. The molecule has 1 aliphatic carbocycles. The van der Waals surface area contributed by atoms with Crippen LogP contribution in [0.15, 0.2) is 33.2 Å². The molecule has 0 unspecified atom stereocenters. The number of hydrogen-bond acceptors (Lipinski definition) is 7. The Bertz CT molecular complexity index is 1150. The van der Waals surface area contributed by atoms with Crippen molar-refractivity contribution in [2.75, 3.05) is 32.7 Å². The Morgan fingerprint density at radius 1 is 1.03 bits per heavy atom. The zero-order valence-electron chi connectivity index (χ0n) is 20.2. The Labute approximate surface area is 204 Å². The summed E-state index contributed by atoms with van der Waals surface area (Å²) in [6.07, 6.45) is 6.02. The predicted octanol–water partition coefficient (Wildman–Crippen LogP) is 3.67. The first-order valence-electron chi connectivity index (χ1n) is 12.6. The fourth-order valence-corrected chi connectivity index (χ4v) is 5.54. The summed E-state index contributed by atoms with van der Waals surface area (Å²) < 4.78 is 1.70. The van der Waals surface area contributed by atoms with Crippen molar-refractivity contribution >= 4 is 17.3 Å². The molecule has 3 fully saturated rings. The van der Waals surface area contributed by atoms with Crippen molar-refractivity contribution in [2.45, 2.75) is 63.5 Å². The average Bonchev–Trinajstić information content (AvgIpc) is 3.65. The van der Waals surface area contributed by atoms with Crippen LogP contribution in [0.3, 0.4) is 0 Å². The van der Waals surface area contributed by atoms with Crippen LogP contribution in [-0.2, 0) is 4.79 Å². The number of aliphatic carboxylic acids is 1. The van der Waals surface area contributed by atoms with Crippen molar-refractivity contribution in [3.8, 4) is 5.75 Å². The maximum Gasteiger partial charge on any atom is 0.317 e. The number of carboxylic acids is 1. The molecule has 1 aromatic carbocycles. The summed E-state index contributed by atoms with van der Waals surface area (Å²) in [5, 5.41) is 31.6. The molecule has 10 heteroatoms. The van der Waals surface area contributed by atoms with E-state index in [4.69, 9.17) is 5.11 Å². The second-order valence-corrected chi connectivity index (χ2v) is 10.1. The standard InChI is InChI=1S/C25H34N6O4/c1-16-23(25(35)31(28-16)19-9-13-30(14-10-19)18-5-6-18)27-26-21-4-2-3-20(24(21)34)17-7-11-29(12-8-17)15-22(32)33/h2-4,17-19,28,34H,5-15H2,1H3,(H,32,33). The van der Waals surface area contributed by atoms with Crippen LogP contribution in [-0.4, -0.2) is 74.5 Å². The molecule has 2 aliphatic heterocycles. The Hall–Kier alpha value is -2.98. The number of phenols is 1. The van der Waals surface area contributed by atoms with E-state index in [-0.39, 0.29) is 35.5 Å². The third-order valence-electron chi connectivity index (χ3n) is 7.68. The van der Waals surface area contributed by atoms with Gasteiger partial charge in [0.2, 0.25) is 0 Å². The average molecular weight is 483 g/mol. The Morgan fingerprint density at radius 3 is 2.40 bits per heavy atom. The van der Waals surface area contributed by atoms with Gasteiger partial charge in [-0.1, -0.05) is 12.1 Å². The van der Waals surface area contributed by atoms with Crippen LogP contribution in [0.2, 0.25) is 0 Å². The first-order valence-corrected chi connectivity index (χ1v) is 12.6. The lowest BCUT2D eigenvalue weighted by Crippen LogP contribution is -2.38. The van der Waals surface area contributed by atoms with E-state index < -0.39 is 5.97 Å². The van der Waals surface area contributed by atoms with Gasteiger partial charge >= 0.3 is 5.97 Å². The third kappa shape index (κ3) is 5.18. The van der Waals surface area contributed by atoms with E-state index in [0.29, 0.717) is 24.5 Å². The maximum atomic E-state index is 13.1. The maximum absolute atomic E-state index is 13.1. The number of aromatic amines is 1. The number of carboxylic acid groups (broad SMARTS) is 1. The SMILES string of the molecule is Cc1[nH]n(C2CCN(C3CC3)CC2)c(=O)c1N=Nc1cccc(C2CCN(CC(=O)O)CC2)c1O. The monoisotopic (exact) mass is 482 g/mol. The molecule has 35 heavy (non-hydrogen) atoms. The number of aryl methyl sites for hydroxylation is 1. The van der Waals surface area contributed by atoms with Gasteiger partial charge in [0.25, 0.3) is 5.56 Å². The van der Waals surface area contributed by atoms with Gasteiger partial charge < -0.3 is 15.1 Å². The lowest BCUT2D eigenvalue weighted by molar-refractivity contribution is -0.138. The van der Waals surface area contributed by atoms with Gasteiger partial charge in [-0.2, -0.15) is 0 Å². The predicted molar refractivity (Wildman–Crippen MR) is 131 cm³/mol.